The molecule has 0 saturated carbocycles. The number of esters is 1. The molecule has 0 rings (SSSR count). The Kier molecular flexibility index (Phi) is 8.22. The van der Waals surface area contributed by atoms with Crippen molar-refractivity contribution in [1.82, 2.24) is 0 Å². The number of hydrogen-bond acceptors (Lipinski definition) is 3. The van der Waals surface area contributed by atoms with Crippen LogP contribution in [-0.4, -0.2) is 23.8 Å². The molecule has 2 unspecified atom stereocenters. The zero-order chi connectivity index (χ0) is 20.3. The number of carbonyl (C=O) groups excluding carboxylic acids is 1. The van der Waals surface area contributed by atoms with Gasteiger partial charge in [-0.15, -0.1) is 0 Å². The van der Waals surface area contributed by atoms with Gasteiger partial charge in [0, 0.05) is 6.92 Å². The molecule has 3 nitrogen and oxygen atoms in total. The smallest absolute Gasteiger partial charge is 0.302 e. The lowest BCUT2D eigenvalue weighted by Crippen LogP contribution is -2.46. The van der Waals surface area contributed by atoms with Crippen molar-refractivity contribution in [2.45, 2.75) is 102 Å². The highest BCUT2D eigenvalue weighted by atomic mass is 16.5. The average Bonchev–Trinajstić information content (AvgIpc) is 2.40. The number of carbonyl (C=O) groups is 1. The predicted molar refractivity (Wildman–Crippen MR) is 106 cm³/mol. The standard InChI is InChI=1S/C22H44O3/c1-12-20(6,7)17(15-25-16(2)23)13-21(8,9)22(10,11)18(24)14-19(3,4)5/h17-18,24H,12-15H2,1-11H3. The summed E-state index contributed by atoms with van der Waals surface area (Å²) in [6.07, 6.45) is 2.34. The number of ether oxygens (including phenoxy) is 1. The van der Waals surface area contributed by atoms with Crippen LogP contribution < -0.4 is 0 Å². The highest BCUT2D eigenvalue weighted by Gasteiger charge is 2.46. The molecule has 0 radical (unpaired) electrons. The van der Waals surface area contributed by atoms with Crippen LogP contribution in [0.4, 0.5) is 0 Å². The molecule has 0 aliphatic rings. The second-order valence-corrected chi connectivity index (χ2v) is 10.9. The van der Waals surface area contributed by atoms with Gasteiger partial charge in [0.25, 0.3) is 0 Å². The molecular weight excluding hydrogens is 312 g/mol. The fourth-order valence-electron chi connectivity index (χ4n) is 3.23. The van der Waals surface area contributed by atoms with Crippen LogP contribution in [0.5, 0.6) is 0 Å². The first-order valence-corrected chi connectivity index (χ1v) is 9.77. The van der Waals surface area contributed by atoms with E-state index in [-0.39, 0.29) is 39.7 Å². The van der Waals surface area contributed by atoms with E-state index in [0.29, 0.717) is 6.61 Å². The van der Waals surface area contributed by atoms with E-state index in [0.717, 1.165) is 19.3 Å². The van der Waals surface area contributed by atoms with Gasteiger partial charge in [0.2, 0.25) is 0 Å². The summed E-state index contributed by atoms with van der Waals surface area (Å²) in [5, 5.41) is 11.0. The van der Waals surface area contributed by atoms with Crippen molar-refractivity contribution in [3.05, 3.63) is 0 Å². The molecule has 0 bridgehead atoms. The summed E-state index contributed by atoms with van der Waals surface area (Å²) < 4.78 is 5.39. The lowest BCUT2D eigenvalue weighted by Gasteiger charge is -2.49. The maximum atomic E-state index is 11.3. The molecule has 150 valence electrons. The minimum absolute atomic E-state index is 0.0811. The van der Waals surface area contributed by atoms with Gasteiger partial charge in [-0.05, 0) is 40.4 Å². The molecule has 2 atom stereocenters. The SMILES string of the molecule is CCC(C)(C)C(COC(C)=O)CC(C)(C)C(C)(C)C(O)CC(C)(C)C. The molecule has 0 aliphatic heterocycles. The Labute approximate surface area is 156 Å². The van der Waals surface area contributed by atoms with Gasteiger partial charge in [-0.25, -0.2) is 0 Å². The van der Waals surface area contributed by atoms with Crippen LogP contribution in [0.25, 0.3) is 0 Å². The Bertz CT molecular complexity index is 427. The van der Waals surface area contributed by atoms with Crippen molar-refractivity contribution >= 4 is 5.97 Å². The predicted octanol–water partition coefficient (Wildman–Crippen LogP) is 5.84. The minimum atomic E-state index is -0.374. The van der Waals surface area contributed by atoms with Crippen LogP contribution in [-0.2, 0) is 9.53 Å². The lowest BCUT2D eigenvalue weighted by molar-refractivity contribution is -0.145. The van der Waals surface area contributed by atoms with Gasteiger partial charge in [0.1, 0.15) is 0 Å². The molecule has 25 heavy (non-hydrogen) atoms. The largest absolute Gasteiger partial charge is 0.466 e. The first-order valence-electron chi connectivity index (χ1n) is 9.77. The Morgan fingerprint density at radius 1 is 0.960 bits per heavy atom. The molecule has 0 amide bonds. The van der Waals surface area contributed by atoms with Crippen molar-refractivity contribution < 1.29 is 14.6 Å². The van der Waals surface area contributed by atoms with E-state index in [1.54, 1.807) is 0 Å². The third kappa shape index (κ3) is 7.29. The molecule has 3 heteroatoms. The van der Waals surface area contributed by atoms with Gasteiger partial charge in [-0.2, -0.15) is 0 Å². The van der Waals surface area contributed by atoms with Crippen molar-refractivity contribution in [2.24, 2.45) is 27.6 Å². The van der Waals surface area contributed by atoms with E-state index in [1.165, 1.54) is 6.92 Å². The molecule has 0 aromatic rings. The lowest BCUT2D eigenvalue weighted by atomic mass is 9.57. The fraction of sp³-hybridized carbons (Fsp3) is 0.955. The van der Waals surface area contributed by atoms with Crippen LogP contribution in [0.3, 0.4) is 0 Å². The van der Waals surface area contributed by atoms with E-state index in [4.69, 9.17) is 4.74 Å². The minimum Gasteiger partial charge on any atom is -0.466 e. The molecule has 0 aliphatic carbocycles. The molecule has 0 heterocycles. The molecule has 0 aromatic carbocycles. The summed E-state index contributed by atoms with van der Waals surface area (Å²) in [5.74, 6) is 0.0410. The summed E-state index contributed by atoms with van der Waals surface area (Å²) in [4.78, 5) is 11.3. The van der Waals surface area contributed by atoms with E-state index in [2.05, 4.69) is 69.2 Å². The van der Waals surface area contributed by atoms with Gasteiger partial charge in [0.05, 0.1) is 12.7 Å². The summed E-state index contributed by atoms with van der Waals surface area (Å²) in [6.45, 7) is 23.9. The topological polar surface area (TPSA) is 46.5 Å². The van der Waals surface area contributed by atoms with E-state index in [1.807, 2.05) is 0 Å². The summed E-state index contributed by atoms with van der Waals surface area (Å²) >= 11 is 0. The maximum absolute atomic E-state index is 11.3. The number of rotatable bonds is 9. The van der Waals surface area contributed by atoms with E-state index < -0.39 is 0 Å². The first kappa shape index (κ1) is 24.4. The molecule has 0 aromatic heterocycles. The van der Waals surface area contributed by atoms with Crippen molar-refractivity contribution in [3.8, 4) is 0 Å². The van der Waals surface area contributed by atoms with Gasteiger partial charge in [-0.3, -0.25) is 4.79 Å². The Morgan fingerprint density at radius 3 is 1.80 bits per heavy atom. The Morgan fingerprint density at radius 2 is 1.44 bits per heavy atom. The third-order valence-corrected chi connectivity index (χ3v) is 6.64. The van der Waals surface area contributed by atoms with E-state index >= 15 is 0 Å². The average molecular weight is 357 g/mol. The quantitative estimate of drug-likeness (QED) is 0.528. The van der Waals surface area contributed by atoms with Gasteiger partial charge in [-0.1, -0.05) is 75.7 Å². The molecular formula is C22H44O3. The number of aliphatic hydroxyl groups excluding tert-OH is 1. The van der Waals surface area contributed by atoms with Gasteiger partial charge in [0.15, 0.2) is 0 Å². The summed E-state index contributed by atoms with van der Waals surface area (Å²) in [6, 6.07) is 0. The maximum Gasteiger partial charge on any atom is 0.302 e. The van der Waals surface area contributed by atoms with Crippen molar-refractivity contribution in [2.75, 3.05) is 6.61 Å². The number of hydrogen-bond donors (Lipinski definition) is 1. The fourth-order valence-corrected chi connectivity index (χ4v) is 3.23. The third-order valence-electron chi connectivity index (χ3n) is 6.64. The Balaban J connectivity index is 5.44. The van der Waals surface area contributed by atoms with Gasteiger partial charge >= 0.3 is 5.97 Å². The zero-order valence-electron chi connectivity index (χ0n) is 18.7. The van der Waals surface area contributed by atoms with Crippen LogP contribution in [0, 0.1) is 27.6 Å². The molecule has 0 spiro atoms. The van der Waals surface area contributed by atoms with Crippen molar-refractivity contribution in [1.29, 1.82) is 0 Å². The Hall–Kier alpha value is -0.570. The molecule has 1 N–H and O–H groups in total. The monoisotopic (exact) mass is 356 g/mol. The van der Waals surface area contributed by atoms with E-state index in [9.17, 15) is 9.90 Å². The first-order chi connectivity index (χ1) is 11.0. The zero-order valence-corrected chi connectivity index (χ0v) is 18.7. The van der Waals surface area contributed by atoms with Crippen LogP contribution in [0.15, 0.2) is 0 Å². The van der Waals surface area contributed by atoms with Gasteiger partial charge < -0.3 is 9.84 Å². The molecule has 0 fully saturated rings. The normalized spacial score (nSPS) is 16.5. The second-order valence-electron chi connectivity index (χ2n) is 10.9. The van der Waals surface area contributed by atoms with Crippen molar-refractivity contribution in [3.63, 3.8) is 0 Å². The van der Waals surface area contributed by atoms with Crippen LogP contribution in [0.2, 0.25) is 0 Å². The number of aliphatic hydroxyl groups is 1. The highest BCUT2D eigenvalue weighted by molar-refractivity contribution is 5.65. The van der Waals surface area contributed by atoms with Crippen LogP contribution in [0.1, 0.15) is 95.4 Å². The summed E-state index contributed by atoms with van der Waals surface area (Å²) in [7, 11) is 0. The molecule has 0 saturated heterocycles. The van der Waals surface area contributed by atoms with Crippen LogP contribution >= 0.6 is 0 Å². The highest BCUT2D eigenvalue weighted by Crippen LogP contribution is 2.50. The summed E-state index contributed by atoms with van der Waals surface area (Å²) in [5.41, 5.74) is -0.155. The second kappa shape index (κ2) is 8.41.